The summed E-state index contributed by atoms with van der Waals surface area (Å²) in [5, 5.41) is 0. The third-order valence-corrected chi connectivity index (χ3v) is 4.96. The van der Waals surface area contributed by atoms with Gasteiger partial charge < -0.3 is 9.72 Å². The fourth-order valence-electron chi connectivity index (χ4n) is 3.04. The molecule has 1 aromatic carbocycles. The van der Waals surface area contributed by atoms with Crippen LogP contribution in [0.5, 0.6) is 0 Å². The molecule has 4 nitrogen and oxygen atoms in total. The van der Waals surface area contributed by atoms with Crippen LogP contribution in [0.25, 0.3) is 0 Å². The highest BCUT2D eigenvalue weighted by molar-refractivity contribution is 9.10. The van der Waals surface area contributed by atoms with Crippen molar-refractivity contribution in [2.24, 2.45) is 0 Å². The molecule has 0 saturated carbocycles. The van der Waals surface area contributed by atoms with E-state index in [9.17, 15) is 0 Å². The Labute approximate surface area is 146 Å². The van der Waals surface area contributed by atoms with Crippen molar-refractivity contribution < 1.29 is 4.74 Å². The minimum absolute atomic E-state index is 0.343. The zero-order chi connectivity index (χ0) is 16.2. The quantitative estimate of drug-likeness (QED) is 0.827. The average Bonchev–Trinajstić information content (AvgIpc) is 3.14. The standard InChI is InChI=1S/C18H24BrN3O/c1-13-5-6-15(17(19)8-13)10-22(11-16-4-3-7-23-16)12-18-20-9-14(2)21-18/h5-6,8-9,16H,3-4,7,10-12H2,1-2H3,(H,20,21). The fraction of sp³-hybridized carbons (Fsp3) is 0.500. The van der Waals surface area contributed by atoms with Crippen molar-refractivity contribution in [3.63, 3.8) is 0 Å². The number of H-pyrrole nitrogens is 1. The number of benzene rings is 1. The number of ether oxygens (including phenoxy) is 1. The molecular weight excluding hydrogens is 354 g/mol. The van der Waals surface area contributed by atoms with Crippen molar-refractivity contribution in [1.29, 1.82) is 0 Å². The van der Waals surface area contributed by atoms with Crippen LogP contribution in [0.2, 0.25) is 0 Å². The summed E-state index contributed by atoms with van der Waals surface area (Å²) in [6, 6.07) is 6.55. The number of aryl methyl sites for hydroxylation is 2. The van der Waals surface area contributed by atoms with Gasteiger partial charge in [-0.2, -0.15) is 0 Å². The third kappa shape index (κ3) is 4.66. The fourth-order valence-corrected chi connectivity index (χ4v) is 3.66. The summed E-state index contributed by atoms with van der Waals surface area (Å²) >= 11 is 3.70. The Morgan fingerprint density at radius 2 is 2.22 bits per heavy atom. The smallest absolute Gasteiger partial charge is 0.120 e. The molecule has 0 aliphatic carbocycles. The van der Waals surface area contributed by atoms with Crippen molar-refractivity contribution in [2.45, 2.75) is 45.9 Å². The first-order valence-corrected chi connectivity index (χ1v) is 8.99. The largest absolute Gasteiger partial charge is 0.377 e. The van der Waals surface area contributed by atoms with E-state index in [-0.39, 0.29) is 0 Å². The van der Waals surface area contributed by atoms with E-state index in [0.717, 1.165) is 44.2 Å². The van der Waals surface area contributed by atoms with E-state index in [1.165, 1.54) is 22.0 Å². The van der Waals surface area contributed by atoms with Gasteiger partial charge in [0.2, 0.25) is 0 Å². The SMILES string of the molecule is Cc1ccc(CN(Cc2ncc(C)[nH]2)CC2CCCO2)c(Br)c1. The Morgan fingerprint density at radius 3 is 2.87 bits per heavy atom. The topological polar surface area (TPSA) is 41.2 Å². The highest BCUT2D eigenvalue weighted by Crippen LogP contribution is 2.22. The number of hydrogen-bond acceptors (Lipinski definition) is 3. The summed E-state index contributed by atoms with van der Waals surface area (Å²) in [7, 11) is 0. The Hall–Kier alpha value is -1.17. The molecule has 1 saturated heterocycles. The van der Waals surface area contributed by atoms with Crippen LogP contribution in [0, 0.1) is 13.8 Å². The van der Waals surface area contributed by atoms with Gasteiger partial charge in [-0.15, -0.1) is 0 Å². The summed E-state index contributed by atoms with van der Waals surface area (Å²) in [5.74, 6) is 1.02. The van der Waals surface area contributed by atoms with Crippen molar-refractivity contribution in [3.8, 4) is 0 Å². The monoisotopic (exact) mass is 377 g/mol. The second-order valence-corrected chi connectivity index (χ2v) is 7.27. The number of halogens is 1. The van der Waals surface area contributed by atoms with Gasteiger partial charge in [0.05, 0.1) is 12.6 Å². The van der Waals surface area contributed by atoms with Crippen molar-refractivity contribution in [3.05, 3.63) is 51.5 Å². The van der Waals surface area contributed by atoms with Crippen LogP contribution in [0.3, 0.4) is 0 Å². The molecule has 1 atom stereocenters. The van der Waals surface area contributed by atoms with Crippen LogP contribution in [0.1, 0.15) is 35.5 Å². The summed E-state index contributed by atoms with van der Waals surface area (Å²) in [6.45, 7) is 7.70. The molecule has 0 bridgehead atoms. The molecule has 1 aliphatic heterocycles. The molecule has 1 aliphatic rings. The van der Waals surface area contributed by atoms with Gasteiger partial charge in [0.15, 0.2) is 0 Å². The van der Waals surface area contributed by atoms with E-state index in [2.05, 4.69) is 55.9 Å². The third-order valence-electron chi connectivity index (χ3n) is 4.22. The van der Waals surface area contributed by atoms with E-state index in [0.29, 0.717) is 6.10 Å². The minimum Gasteiger partial charge on any atom is -0.377 e. The number of aromatic amines is 1. The van der Waals surface area contributed by atoms with Crippen LogP contribution in [-0.4, -0.2) is 34.1 Å². The molecule has 1 aromatic heterocycles. The number of aromatic nitrogens is 2. The maximum atomic E-state index is 5.83. The van der Waals surface area contributed by atoms with E-state index >= 15 is 0 Å². The molecule has 1 unspecified atom stereocenters. The summed E-state index contributed by atoms with van der Waals surface area (Å²) in [6.07, 6.45) is 4.56. The molecule has 0 radical (unpaired) electrons. The maximum absolute atomic E-state index is 5.83. The normalized spacial score (nSPS) is 18.0. The number of nitrogens with one attached hydrogen (secondary N) is 1. The molecule has 0 spiro atoms. The van der Waals surface area contributed by atoms with E-state index in [1.807, 2.05) is 13.1 Å². The van der Waals surface area contributed by atoms with Crippen LogP contribution >= 0.6 is 15.9 Å². The molecule has 2 heterocycles. The molecule has 1 fully saturated rings. The van der Waals surface area contributed by atoms with Crippen LogP contribution in [-0.2, 0) is 17.8 Å². The van der Waals surface area contributed by atoms with Gasteiger partial charge in [-0.1, -0.05) is 28.1 Å². The van der Waals surface area contributed by atoms with Gasteiger partial charge in [0.1, 0.15) is 5.82 Å². The number of hydrogen-bond donors (Lipinski definition) is 1. The first kappa shape index (κ1) is 16.7. The number of rotatable bonds is 6. The Morgan fingerprint density at radius 1 is 1.35 bits per heavy atom. The van der Waals surface area contributed by atoms with Crippen LogP contribution in [0.15, 0.2) is 28.9 Å². The highest BCUT2D eigenvalue weighted by Gasteiger charge is 2.20. The van der Waals surface area contributed by atoms with Gasteiger partial charge in [-0.3, -0.25) is 4.90 Å². The molecule has 2 aromatic rings. The van der Waals surface area contributed by atoms with Crippen molar-refractivity contribution in [1.82, 2.24) is 14.9 Å². The van der Waals surface area contributed by atoms with Crippen LogP contribution < -0.4 is 0 Å². The zero-order valence-electron chi connectivity index (χ0n) is 13.8. The molecule has 124 valence electrons. The molecule has 5 heteroatoms. The van der Waals surface area contributed by atoms with Gasteiger partial charge in [-0.25, -0.2) is 4.98 Å². The Bertz CT molecular complexity index is 649. The first-order chi connectivity index (χ1) is 11.1. The number of imidazole rings is 1. The van der Waals surface area contributed by atoms with E-state index in [1.54, 1.807) is 0 Å². The van der Waals surface area contributed by atoms with Crippen molar-refractivity contribution in [2.75, 3.05) is 13.2 Å². The minimum atomic E-state index is 0.343. The molecule has 0 amide bonds. The van der Waals surface area contributed by atoms with E-state index in [4.69, 9.17) is 4.74 Å². The van der Waals surface area contributed by atoms with Gasteiger partial charge in [0.25, 0.3) is 0 Å². The average molecular weight is 378 g/mol. The maximum Gasteiger partial charge on any atom is 0.120 e. The molecule has 3 rings (SSSR count). The lowest BCUT2D eigenvalue weighted by Gasteiger charge is -2.25. The highest BCUT2D eigenvalue weighted by atomic mass is 79.9. The summed E-state index contributed by atoms with van der Waals surface area (Å²) in [4.78, 5) is 10.2. The van der Waals surface area contributed by atoms with E-state index < -0.39 is 0 Å². The van der Waals surface area contributed by atoms with Gasteiger partial charge in [0, 0.05) is 36.1 Å². The Balaban J connectivity index is 1.73. The zero-order valence-corrected chi connectivity index (χ0v) is 15.4. The first-order valence-electron chi connectivity index (χ1n) is 8.19. The van der Waals surface area contributed by atoms with Crippen LogP contribution in [0.4, 0.5) is 0 Å². The second kappa shape index (κ2) is 7.60. The van der Waals surface area contributed by atoms with Gasteiger partial charge >= 0.3 is 0 Å². The lowest BCUT2D eigenvalue weighted by atomic mass is 10.1. The van der Waals surface area contributed by atoms with Crippen molar-refractivity contribution >= 4 is 15.9 Å². The Kier molecular flexibility index (Phi) is 5.51. The lowest BCUT2D eigenvalue weighted by molar-refractivity contribution is 0.0670. The molecular formula is C18H24BrN3O. The second-order valence-electron chi connectivity index (χ2n) is 6.41. The number of nitrogens with zero attached hydrogens (tertiary/aromatic N) is 2. The predicted molar refractivity (Wildman–Crippen MR) is 95.3 cm³/mol. The lowest BCUT2D eigenvalue weighted by Crippen LogP contribution is -2.32. The molecule has 23 heavy (non-hydrogen) atoms. The van der Waals surface area contributed by atoms with Gasteiger partial charge in [-0.05, 0) is 43.9 Å². The molecule has 1 N–H and O–H groups in total. The summed E-state index contributed by atoms with van der Waals surface area (Å²) in [5.41, 5.74) is 3.68. The summed E-state index contributed by atoms with van der Waals surface area (Å²) < 4.78 is 7.00. The predicted octanol–water partition coefficient (Wildman–Crippen LogP) is 3.97.